The van der Waals surface area contributed by atoms with Gasteiger partial charge in [-0.1, -0.05) is 0 Å². The van der Waals surface area contributed by atoms with Gasteiger partial charge in [0.05, 0.1) is 13.0 Å². The molecule has 4 nitrogen and oxygen atoms in total. The largest absolute Gasteiger partial charge is 0.469 e. The van der Waals surface area contributed by atoms with Gasteiger partial charge in [0.2, 0.25) is 5.91 Å². The first kappa shape index (κ1) is 13.4. The van der Waals surface area contributed by atoms with Gasteiger partial charge in [0, 0.05) is 25.3 Å². The summed E-state index contributed by atoms with van der Waals surface area (Å²) in [5.41, 5.74) is 0. The van der Waals surface area contributed by atoms with Gasteiger partial charge in [-0.05, 0) is 19.1 Å². The second-order valence-electron chi connectivity index (χ2n) is 3.94. The van der Waals surface area contributed by atoms with Crippen LogP contribution in [0.15, 0.2) is 0 Å². The fraction of sp³-hybridized carbons (Fsp3) is 0.818. The molecule has 1 unspecified atom stereocenters. The summed E-state index contributed by atoms with van der Waals surface area (Å²) in [6, 6.07) is 0. The molecule has 92 valence electrons. The van der Waals surface area contributed by atoms with Gasteiger partial charge >= 0.3 is 5.97 Å². The molecule has 0 N–H and O–H groups in total. The monoisotopic (exact) mass is 245 g/mol. The maximum Gasteiger partial charge on any atom is 0.310 e. The highest BCUT2D eigenvalue weighted by molar-refractivity contribution is 7.98. The van der Waals surface area contributed by atoms with E-state index in [1.807, 2.05) is 6.26 Å². The molecule has 1 amide bonds. The quantitative estimate of drug-likeness (QED) is 0.697. The molecule has 16 heavy (non-hydrogen) atoms. The summed E-state index contributed by atoms with van der Waals surface area (Å²) in [6.07, 6.45) is 4.28. The molecule has 1 heterocycles. The van der Waals surface area contributed by atoms with Gasteiger partial charge in [-0.3, -0.25) is 9.59 Å². The first-order valence-corrected chi connectivity index (χ1v) is 6.93. The van der Waals surface area contributed by atoms with Crippen LogP contribution in [0.3, 0.4) is 0 Å². The summed E-state index contributed by atoms with van der Waals surface area (Å²) >= 11 is 1.67. The van der Waals surface area contributed by atoms with E-state index in [1.165, 1.54) is 7.11 Å². The van der Waals surface area contributed by atoms with Gasteiger partial charge in [-0.2, -0.15) is 11.8 Å². The molecule has 0 aliphatic carbocycles. The van der Waals surface area contributed by atoms with E-state index in [-0.39, 0.29) is 17.8 Å². The minimum absolute atomic E-state index is 0.128. The molecule has 0 spiro atoms. The predicted octanol–water partition coefficient (Wildman–Crippen LogP) is 1.15. The Balaban J connectivity index is 2.43. The zero-order valence-corrected chi connectivity index (χ0v) is 10.7. The molecule has 5 heteroatoms. The van der Waals surface area contributed by atoms with E-state index < -0.39 is 0 Å². The summed E-state index contributed by atoms with van der Waals surface area (Å²) in [5, 5.41) is 0. The Labute approximate surface area is 101 Å². The van der Waals surface area contributed by atoms with E-state index in [4.69, 9.17) is 4.74 Å². The number of likely N-dealkylation sites (tertiary alicyclic amines) is 1. The van der Waals surface area contributed by atoms with Crippen molar-refractivity contribution in [2.45, 2.75) is 19.3 Å². The third-order valence-electron chi connectivity index (χ3n) is 2.83. The number of amides is 1. The first-order valence-electron chi connectivity index (χ1n) is 5.53. The molecule has 1 atom stereocenters. The van der Waals surface area contributed by atoms with Gasteiger partial charge in [0.15, 0.2) is 0 Å². The van der Waals surface area contributed by atoms with Gasteiger partial charge in [0.25, 0.3) is 0 Å². The van der Waals surface area contributed by atoms with Crippen molar-refractivity contribution in [3.63, 3.8) is 0 Å². The van der Waals surface area contributed by atoms with E-state index >= 15 is 0 Å². The van der Waals surface area contributed by atoms with Crippen LogP contribution in [0.25, 0.3) is 0 Å². The van der Waals surface area contributed by atoms with E-state index in [2.05, 4.69) is 0 Å². The SMILES string of the molecule is COC(=O)C1CCCN(C(=O)CCSC)C1. The number of rotatable bonds is 4. The molecule has 1 aliphatic heterocycles. The van der Waals surface area contributed by atoms with Crippen LogP contribution in [0.5, 0.6) is 0 Å². The number of carbonyl (C=O) groups excluding carboxylic acids is 2. The normalized spacial score (nSPS) is 20.6. The third-order valence-corrected chi connectivity index (χ3v) is 3.44. The van der Waals surface area contributed by atoms with E-state index in [1.54, 1.807) is 16.7 Å². The smallest absolute Gasteiger partial charge is 0.310 e. The number of thioether (sulfide) groups is 1. The fourth-order valence-corrected chi connectivity index (χ4v) is 2.29. The van der Waals surface area contributed by atoms with Crippen LogP contribution < -0.4 is 0 Å². The lowest BCUT2D eigenvalue weighted by Gasteiger charge is -2.31. The predicted molar refractivity (Wildman–Crippen MR) is 64.3 cm³/mol. The van der Waals surface area contributed by atoms with Crippen molar-refractivity contribution in [1.29, 1.82) is 0 Å². The molecular formula is C11H19NO3S. The summed E-state index contributed by atoms with van der Waals surface area (Å²) in [4.78, 5) is 25.0. The first-order chi connectivity index (χ1) is 7.69. The molecule has 0 aromatic heterocycles. The number of hydrogen-bond acceptors (Lipinski definition) is 4. The van der Waals surface area contributed by atoms with Crippen molar-refractivity contribution in [3.8, 4) is 0 Å². The Morgan fingerprint density at radius 1 is 1.50 bits per heavy atom. The summed E-state index contributed by atoms with van der Waals surface area (Å²) in [6.45, 7) is 1.31. The van der Waals surface area contributed by atoms with Crippen LogP contribution in [0.4, 0.5) is 0 Å². The molecule has 0 aromatic carbocycles. The topological polar surface area (TPSA) is 46.6 Å². The highest BCUT2D eigenvalue weighted by Crippen LogP contribution is 2.18. The highest BCUT2D eigenvalue weighted by atomic mass is 32.2. The van der Waals surface area contributed by atoms with Crippen molar-refractivity contribution in [2.24, 2.45) is 5.92 Å². The Hall–Kier alpha value is -0.710. The zero-order valence-electron chi connectivity index (χ0n) is 9.90. The average molecular weight is 245 g/mol. The molecule has 0 bridgehead atoms. The second-order valence-corrected chi connectivity index (χ2v) is 4.93. The molecule has 0 radical (unpaired) electrons. The number of nitrogens with zero attached hydrogens (tertiary/aromatic N) is 1. The summed E-state index contributed by atoms with van der Waals surface area (Å²) in [7, 11) is 1.40. The standard InChI is InChI=1S/C11H19NO3S/c1-15-11(14)9-4-3-6-12(8-9)10(13)5-7-16-2/h9H,3-8H2,1-2H3. The number of piperidine rings is 1. The molecule has 1 rings (SSSR count). The van der Waals surface area contributed by atoms with Crippen molar-refractivity contribution in [2.75, 3.05) is 32.2 Å². The van der Waals surface area contributed by atoms with Crippen molar-refractivity contribution >= 4 is 23.6 Å². The molecule has 1 saturated heterocycles. The van der Waals surface area contributed by atoms with E-state index in [9.17, 15) is 9.59 Å². The van der Waals surface area contributed by atoms with Crippen molar-refractivity contribution in [3.05, 3.63) is 0 Å². The van der Waals surface area contributed by atoms with Gasteiger partial charge in [-0.15, -0.1) is 0 Å². The second kappa shape index (κ2) is 6.78. The van der Waals surface area contributed by atoms with Gasteiger partial charge in [-0.25, -0.2) is 0 Å². The molecule has 1 aliphatic rings. The molecule has 0 aromatic rings. The molecule has 0 saturated carbocycles. The third kappa shape index (κ3) is 3.70. The highest BCUT2D eigenvalue weighted by Gasteiger charge is 2.28. The van der Waals surface area contributed by atoms with Gasteiger partial charge in [0.1, 0.15) is 0 Å². The Morgan fingerprint density at radius 2 is 2.25 bits per heavy atom. The van der Waals surface area contributed by atoms with Crippen LogP contribution in [-0.2, 0) is 14.3 Å². The van der Waals surface area contributed by atoms with Crippen LogP contribution in [0, 0.1) is 5.92 Å². The van der Waals surface area contributed by atoms with Crippen molar-refractivity contribution < 1.29 is 14.3 Å². The lowest BCUT2D eigenvalue weighted by Crippen LogP contribution is -2.42. The fourth-order valence-electron chi connectivity index (χ4n) is 1.91. The van der Waals surface area contributed by atoms with Crippen LogP contribution in [-0.4, -0.2) is 49.0 Å². The Morgan fingerprint density at radius 3 is 2.88 bits per heavy atom. The summed E-state index contributed by atoms with van der Waals surface area (Å²) in [5.74, 6) is 0.681. The number of ether oxygens (including phenoxy) is 1. The van der Waals surface area contributed by atoms with E-state index in [0.29, 0.717) is 13.0 Å². The van der Waals surface area contributed by atoms with Crippen LogP contribution >= 0.6 is 11.8 Å². The van der Waals surface area contributed by atoms with Crippen LogP contribution in [0.1, 0.15) is 19.3 Å². The number of carbonyl (C=O) groups is 2. The number of esters is 1. The lowest BCUT2D eigenvalue weighted by molar-refractivity contribution is -0.148. The Kier molecular flexibility index (Phi) is 5.66. The van der Waals surface area contributed by atoms with Crippen molar-refractivity contribution in [1.82, 2.24) is 4.90 Å². The number of methoxy groups -OCH3 is 1. The zero-order chi connectivity index (χ0) is 12.0. The molecular weight excluding hydrogens is 226 g/mol. The maximum absolute atomic E-state index is 11.8. The van der Waals surface area contributed by atoms with Gasteiger partial charge < -0.3 is 9.64 Å². The Bertz CT molecular complexity index is 258. The average Bonchev–Trinajstić information content (AvgIpc) is 2.35. The minimum Gasteiger partial charge on any atom is -0.469 e. The summed E-state index contributed by atoms with van der Waals surface area (Å²) < 4.78 is 4.72. The van der Waals surface area contributed by atoms with Crippen LogP contribution in [0.2, 0.25) is 0 Å². The minimum atomic E-state index is -0.192. The lowest BCUT2D eigenvalue weighted by atomic mass is 9.98. The molecule has 1 fully saturated rings. The van der Waals surface area contributed by atoms with E-state index in [0.717, 1.165) is 25.1 Å². The number of hydrogen-bond donors (Lipinski definition) is 0. The maximum atomic E-state index is 11.8.